The summed E-state index contributed by atoms with van der Waals surface area (Å²) in [5.41, 5.74) is 4.95. The lowest BCUT2D eigenvalue weighted by molar-refractivity contribution is -0.0597. The van der Waals surface area contributed by atoms with Crippen molar-refractivity contribution in [2.45, 2.75) is 52.3 Å². The minimum absolute atomic E-state index is 0.203. The van der Waals surface area contributed by atoms with Crippen molar-refractivity contribution < 1.29 is 17.9 Å². The standard InChI is InChI=1S/C27H26F3N5O/c1-26(2)6-5-20-19(12-26)25(33-15-32-20)35-7-8-36-23-4-3-16(9-18(23)14-35)17-10-22-21(31-13-17)11-24(34-22)27(28,29)30/h3-4,9-10,13,15H,5-8,11-12,14H2,1-2H3. The van der Waals surface area contributed by atoms with Gasteiger partial charge in [-0.1, -0.05) is 19.9 Å². The van der Waals surface area contributed by atoms with Gasteiger partial charge in [0.25, 0.3) is 0 Å². The average molecular weight is 494 g/mol. The molecule has 2 aromatic heterocycles. The van der Waals surface area contributed by atoms with Crippen LogP contribution in [0.2, 0.25) is 0 Å². The van der Waals surface area contributed by atoms with Gasteiger partial charge in [-0.25, -0.2) is 15.0 Å². The first-order chi connectivity index (χ1) is 17.2. The van der Waals surface area contributed by atoms with Gasteiger partial charge >= 0.3 is 6.18 Å². The van der Waals surface area contributed by atoms with Gasteiger partial charge in [0.05, 0.1) is 17.9 Å². The molecular weight excluding hydrogens is 467 g/mol. The minimum atomic E-state index is -4.44. The van der Waals surface area contributed by atoms with Crippen LogP contribution < -0.4 is 9.64 Å². The summed E-state index contributed by atoms with van der Waals surface area (Å²) >= 11 is 0. The fraction of sp³-hybridized carbons (Fsp3) is 0.407. The molecule has 9 heteroatoms. The molecular formula is C27H26F3N5O. The Morgan fingerprint density at radius 3 is 2.72 bits per heavy atom. The summed E-state index contributed by atoms with van der Waals surface area (Å²) in [6.45, 7) is 6.41. The van der Waals surface area contributed by atoms with Gasteiger partial charge < -0.3 is 9.64 Å². The molecule has 6 rings (SSSR count). The van der Waals surface area contributed by atoms with Crippen molar-refractivity contribution in [1.82, 2.24) is 15.0 Å². The fourth-order valence-electron chi connectivity index (χ4n) is 5.27. The van der Waals surface area contributed by atoms with Gasteiger partial charge in [-0.15, -0.1) is 0 Å². The lowest BCUT2D eigenvalue weighted by Gasteiger charge is -2.33. The highest BCUT2D eigenvalue weighted by atomic mass is 19.4. The summed E-state index contributed by atoms with van der Waals surface area (Å²) in [7, 11) is 0. The highest BCUT2D eigenvalue weighted by molar-refractivity contribution is 5.97. The Morgan fingerprint density at radius 2 is 1.89 bits per heavy atom. The van der Waals surface area contributed by atoms with Gasteiger partial charge in [-0.2, -0.15) is 13.2 Å². The summed E-state index contributed by atoms with van der Waals surface area (Å²) in [5.74, 6) is 1.76. The maximum absolute atomic E-state index is 13.1. The van der Waals surface area contributed by atoms with Gasteiger partial charge in [-0.05, 0) is 48.4 Å². The van der Waals surface area contributed by atoms with Crippen molar-refractivity contribution >= 4 is 17.2 Å². The van der Waals surface area contributed by atoms with Crippen LogP contribution in [-0.2, 0) is 25.8 Å². The first-order valence-electron chi connectivity index (χ1n) is 12.1. The second-order valence-corrected chi connectivity index (χ2v) is 10.5. The zero-order chi connectivity index (χ0) is 25.1. The van der Waals surface area contributed by atoms with Crippen LogP contribution in [0.1, 0.15) is 42.8 Å². The van der Waals surface area contributed by atoms with Crippen molar-refractivity contribution in [3.8, 4) is 16.9 Å². The predicted molar refractivity (Wildman–Crippen MR) is 131 cm³/mol. The Morgan fingerprint density at radius 1 is 1.03 bits per heavy atom. The van der Waals surface area contributed by atoms with Crippen molar-refractivity contribution in [3.05, 3.63) is 59.3 Å². The molecule has 36 heavy (non-hydrogen) atoms. The Balaban J connectivity index is 1.32. The molecule has 0 radical (unpaired) electrons. The molecule has 4 heterocycles. The molecule has 186 valence electrons. The quantitative estimate of drug-likeness (QED) is 0.462. The van der Waals surface area contributed by atoms with E-state index in [-0.39, 0.29) is 17.5 Å². The first-order valence-corrected chi connectivity index (χ1v) is 12.1. The molecule has 3 aliphatic rings. The molecule has 0 bridgehead atoms. The van der Waals surface area contributed by atoms with Crippen molar-refractivity contribution in [3.63, 3.8) is 0 Å². The Hall–Kier alpha value is -3.49. The number of hydrogen-bond acceptors (Lipinski definition) is 6. The number of rotatable bonds is 2. The van der Waals surface area contributed by atoms with Crippen LogP contribution in [0.25, 0.3) is 11.1 Å². The third-order valence-electron chi connectivity index (χ3n) is 7.24. The van der Waals surface area contributed by atoms with E-state index < -0.39 is 11.9 Å². The number of pyridine rings is 1. The maximum atomic E-state index is 13.1. The summed E-state index contributed by atoms with van der Waals surface area (Å²) in [6, 6.07) is 7.54. The summed E-state index contributed by atoms with van der Waals surface area (Å²) in [5, 5.41) is 0. The van der Waals surface area contributed by atoms with E-state index in [4.69, 9.17) is 4.74 Å². The first kappa shape index (κ1) is 22.9. The van der Waals surface area contributed by atoms with E-state index in [1.807, 2.05) is 18.2 Å². The summed E-state index contributed by atoms with van der Waals surface area (Å²) in [6.07, 6.45) is 1.54. The van der Waals surface area contributed by atoms with E-state index in [2.05, 4.69) is 38.7 Å². The maximum Gasteiger partial charge on any atom is 0.429 e. The van der Waals surface area contributed by atoms with Gasteiger partial charge in [0.15, 0.2) is 0 Å². The summed E-state index contributed by atoms with van der Waals surface area (Å²) < 4.78 is 45.4. The van der Waals surface area contributed by atoms with Gasteiger partial charge in [-0.3, -0.25) is 4.98 Å². The number of anilines is 1. The number of halogens is 3. The van der Waals surface area contributed by atoms with Crippen molar-refractivity contribution in [2.75, 3.05) is 18.1 Å². The number of aliphatic imine (C=N–C) groups is 1. The molecule has 2 aliphatic heterocycles. The lowest BCUT2D eigenvalue weighted by Crippen LogP contribution is -2.31. The Bertz CT molecular complexity index is 1380. The van der Waals surface area contributed by atoms with Crippen molar-refractivity contribution in [2.24, 2.45) is 10.4 Å². The van der Waals surface area contributed by atoms with Crippen molar-refractivity contribution in [1.29, 1.82) is 0 Å². The fourth-order valence-corrected chi connectivity index (χ4v) is 5.27. The van der Waals surface area contributed by atoms with E-state index in [0.717, 1.165) is 53.2 Å². The highest BCUT2D eigenvalue weighted by Gasteiger charge is 2.39. The lowest BCUT2D eigenvalue weighted by atomic mass is 9.76. The number of aromatic nitrogens is 3. The average Bonchev–Trinajstić information content (AvgIpc) is 3.16. The van der Waals surface area contributed by atoms with E-state index >= 15 is 0 Å². The van der Waals surface area contributed by atoms with E-state index in [0.29, 0.717) is 25.4 Å². The van der Waals surface area contributed by atoms with Crippen LogP contribution in [0.5, 0.6) is 5.75 Å². The number of hydrogen-bond donors (Lipinski definition) is 0. The van der Waals surface area contributed by atoms with Gasteiger partial charge in [0.2, 0.25) is 0 Å². The largest absolute Gasteiger partial charge is 0.491 e. The molecule has 0 spiro atoms. The molecule has 0 saturated carbocycles. The minimum Gasteiger partial charge on any atom is -0.491 e. The SMILES string of the molecule is CC1(C)CCc2ncnc(N3CCOc4ccc(-c5cnc6c(c5)N=C(C(F)(F)F)C6)cc4C3)c2C1. The molecule has 1 aromatic carbocycles. The van der Waals surface area contributed by atoms with Crippen LogP contribution in [0, 0.1) is 5.41 Å². The molecule has 6 nitrogen and oxygen atoms in total. The third-order valence-corrected chi connectivity index (χ3v) is 7.24. The molecule has 0 fully saturated rings. The molecule has 0 unspecified atom stereocenters. The topological polar surface area (TPSA) is 63.5 Å². The Kier molecular flexibility index (Phi) is 5.28. The van der Waals surface area contributed by atoms with Crippen LogP contribution in [0.3, 0.4) is 0 Å². The van der Waals surface area contributed by atoms with Gasteiger partial charge in [0, 0.05) is 41.5 Å². The molecule has 0 N–H and O–H groups in total. The number of nitrogens with zero attached hydrogens (tertiary/aromatic N) is 5. The van der Waals surface area contributed by atoms with E-state index in [9.17, 15) is 13.2 Å². The van der Waals surface area contributed by atoms with Gasteiger partial charge in [0.1, 0.15) is 30.2 Å². The van der Waals surface area contributed by atoms with E-state index in [1.165, 1.54) is 5.56 Å². The van der Waals surface area contributed by atoms with Crippen LogP contribution in [0.15, 0.2) is 41.8 Å². The number of ether oxygens (including phenoxy) is 1. The third kappa shape index (κ3) is 4.20. The van der Waals surface area contributed by atoms with Crippen LogP contribution in [-0.4, -0.2) is 40.0 Å². The Labute approximate surface area is 207 Å². The smallest absolute Gasteiger partial charge is 0.429 e. The zero-order valence-corrected chi connectivity index (χ0v) is 20.2. The van der Waals surface area contributed by atoms with Crippen LogP contribution >= 0.6 is 0 Å². The zero-order valence-electron chi connectivity index (χ0n) is 20.2. The molecule has 0 saturated heterocycles. The number of fused-ring (bicyclic) bond motifs is 3. The summed E-state index contributed by atoms with van der Waals surface area (Å²) in [4.78, 5) is 19.6. The van der Waals surface area contributed by atoms with E-state index in [1.54, 1.807) is 18.6 Å². The second-order valence-electron chi connectivity index (χ2n) is 10.5. The highest BCUT2D eigenvalue weighted by Crippen LogP contribution is 2.39. The molecule has 1 aliphatic carbocycles. The molecule has 3 aromatic rings. The number of alkyl halides is 3. The molecule has 0 amide bonds. The number of aryl methyl sites for hydroxylation is 1. The second kappa shape index (κ2) is 8.28. The predicted octanol–water partition coefficient (Wildman–Crippen LogP) is 5.64. The monoisotopic (exact) mass is 493 g/mol. The van der Waals surface area contributed by atoms with Crippen LogP contribution in [0.4, 0.5) is 24.7 Å². The number of benzene rings is 1. The molecule has 0 atom stereocenters. The normalized spacial score (nSPS) is 18.5.